The molecule has 0 radical (unpaired) electrons. The summed E-state index contributed by atoms with van der Waals surface area (Å²) in [4.78, 5) is 31.7. The van der Waals surface area contributed by atoms with Gasteiger partial charge in [0.25, 0.3) is 5.56 Å². The Bertz CT molecular complexity index is 1080. The van der Waals surface area contributed by atoms with Gasteiger partial charge in [-0.2, -0.15) is 0 Å². The zero-order valence-corrected chi connectivity index (χ0v) is 16.4. The zero-order chi connectivity index (χ0) is 19.7. The number of carbonyl (C=O) groups excluding carboxylic acids is 1. The summed E-state index contributed by atoms with van der Waals surface area (Å²) in [7, 11) is 0. The third-order valence-electron chi connectivity index (χ3n) is 5.49. The molecule has 0 spiro atoms. The number of carbonyl (C=O) groups is 1. The first kappa shape index (κ1) is 18.4. The highest BCUT2D eigenvalue weighted by Gasteiger charge is 2.23. The highest BCUT2D eigenvalue weighted by Crippen LogP contribution is 2.30. The molecular formula is C23H25N3O2. The Hall–Kier alpha value is -2.95. The molecule has 0 unspecified atom stereocenters. The smallest absolute Gasteiger partial charge is 0.261 e. The third kappa shape index (κ3) is 3.44. The molecule has 1 aliphatic heterocycles. The number of aryl methyl sites for hydroxylation is 2. The number of anilines is 1. The minimum Gasteiger partial charge on any atom is -0.312 e. The highest BCUT2D eigenvalue weighted by atomic mass is 16.2. The van der Waals surface area contributed by atoms with Crippen molar-refractivity contribution in [2.45, 2.75) is 45.6 Å². The summed E-state index contributed by atoms with van der Waals surface area (Å²) < 4.78 is 1.53. The summed E-state index contributed by atoms with van der Waals surface area (Å²) in [5.74, 6) is 0.530. The fourth-order valence-corrected chi connectivity index (χ4v) is 3.85. The second-order valence-electron chi connectivity index (χ2n) is 7.70. The lowest BCUT2D eigenvalue weighted by atomic mass is 9.94. The average Bonchev–Trinajstić information content (AvgIpc) is 2.72. The summed E-state index contributed by atoms with van der Waals surface area (Å²) >= 11 is 0. The molecule has 28 heavy (non-hydrogen) atoms. The standard InChI is InChI=1S/C23H25N3O2/c1-16(2)17-9-10-21-18(14-17)6-5-12-26(21)22(27)11-13-25-15-24-20-8-4-3-7-19(20)23(25)28/h3-4,7-10,14-16H,5-6,11-13H2,1-2H3. The van der Waals surface area contributed by atoms with E-state index in [4.69, 9.17) is 0 Å². The number of hydrogen-bond acceptors (Lipinski definition) is 3. The second-order valence-corrected chi connectivity index (χ2v) is 7.70. The van der Waals surface area contributed by atoms with Gasteiger partial charge in [-0.15, -0.1) is 0 Å². The topological polar surface area (TPSA) is 55.2 Å². The first-order valence-electron chi connectivity index (χ1n) is 9.92. The summed E-state index contributed by atoms with van der Waals surface area (Å²) in [5.41, 5.74) is 4.15. The number of fused-ring (bicyclic) bond motifs is 2. The minimum atomic E-state index is -0.0981. The lowest BCUT2D eigenvalue weighted by molar-refractivity contribution is -0.118. The molecule has 144 valence electrons. The van der Waals surface area contributed by atoms with Crippen LogP contribution in [0.3, 0.4) is 0 Å². The van der Waals surface area contributed by atoms with Gasteiger partial charge >= 0.3 is 0 Å². The Balaban J connectivity index is 1.53. The van der Waals surface area contributed by atoms with Crippen LogP contribution in [-0.4, -0.2) is 22.0 Å². The number of hydrogen-bond donors (Lipinski definition) is 0. The molecule has 0 saturated heterocycles. The second kappa shape index (κ2) is 7.58. The van der Waals surface area contributed by atoms with Gasteiger partial charge in [-0.3, -0.25) is 14.2 Å². The van der Waals surface area contributed by atoms with Crippen molar-refractivity contribution in [1.82, 2.24) is 9.55 Å². The van der Waals surface area contributed by atoms with E-state index in [1.807, 2.05) is 23.1 Å². The Labute approximate surface area is 164 Å². The molecule has 2 heterocycles. The highest BCUT2D eigenvalue weighted by molar-refractivity contribution is 5.94. The molecule has 0 bridgehead atoms. The van der Waals surface area contributed by atoms with Crippen molar-refractivity contribution in [2.75, 3.05) is 11.4 Å². The van der Waals surface area contributed by atoms with Gasteiger partial charge in [0.1, 0.15) is 0 Å². The van der Waals surface area contributed by atoms with Gasteiger partial charge in [-0.1, -0.05) is 38.1 Å². The maximum absolute atomic E-state index is 12.9. The first-order valence-corrected chi connectivity index (χ1v) is 9.92. The van der Waals surface area contributed by atoms with Crippen molar-refractivity contribution < 1.29 is 4.79 Å². The Kier molecular flexibility index (Phi) is 4.99. The van der Waals surface area contributed by atoms with Crippen molar-refractivity contribution in [3.63, 3.8) is 0 Å². The van der Waals surface area contributed by atoms with Crippen LogP contribution in [-0.2, 0) is 17.8 Å². The molecule has 0 saturated carbocycles. The molecule has 1 aliphatic rings. The van der Waals surface area contributed by atoms with E-state index in [1.165, 1.54) is 22.0 Å². The molecule has 2 aromatic carbocycles. The fraction of sp³-hybridized carbons (Fsp3) is 0.348. The van der Waals surface area contributed by atoms with Gasteiger partial charge in [-0.25, -0.2) is 4.98 Å². The third-order valence-corrected chi connectivity index (χ3v) is 5.49. The van der Waals surface area contributed by atoms with E-state index in [9.17, 15) is 9.59 Å². The van der Waals surface area contributed by atoms with E-state index in [1.54, 1.807) is 6.07 Å². The number of para-hydroxylation sites is 1. The largest absolute Gasteiger partial charge is 0.312 e. The van der Waals surface area contributed by atoms with Crippen molar-refractivity contribution >= 4 is 22.5 Å². The Morgan fingerprint density at radius 3 is 2.82 bits per heavy atom. The van der Waals surface area contributed by atoms with Gasteiger partial charge in [-0.05, 0) is 48.1 Å². The molecule has 0 atom stereocenters. The number of aromatic nitrogens is 2. The lowest BCUT2D eigenvalue weighted by Gasteiger charge is -2.30. The predicted octanol–water partition coefficient (Wildman–Crippen LogP) is 3.89. The molecule has 0 aliphatic carbocycles. The van der Waals surface area contributed by atoms with Crippen LogP contribution in [0.4, 0.5) is 5.69 Å². The van der Waals surface area contributed by atoms with E-state index in [-0.39, 0.29) is 17.9 Å². The van der Waals surface area contributed by atoms with Crippen LogP contribution in [0.15, 0.2) is 53.6 Å². The van der Waals surface area contributed by atoms with Crippen molar-refractivity contribution in [3.05, 3.63) is 70.3 Å². The van der Waals surface area contributed by atoms with Gasteiger partial charge < -0.3 is 4.90 Å². The SMILES string of the molecule is CC(C)c1ccc2c(c1)CCCN2C(=O)CCn1cnc2ccccc2c1=O. The minimum absolute atomic E-state index is 0.0540. The zero-order valence-electron chi connectivity index (χ0n) is 16.4. The van der Waals surface area contributed by atoms with Crippen molar-refractivity contribution in [2.24, 2.45) is 0 Å². The Morgan fingerprint density at radius 1 is 1.18 bits per heavy atom. The maximum Gasteiger partial charge on any atom is 0.261 e. The molecule has 3 aromatic rings. The van der Waals surface area contributed by atoms with Crippen LogP contribution in [0, 0.1) is 0 Å². The van der Waals surface area contributed by atoms with E-state index in [0.29, 0.717) is 23.4 Å². The number of benzene rings is 2. The molecule has 0 N–H and O–H groups in total. The first-order chi connectivity index (χ1) is 13.5. The summed E-state index contributed by atoms with van der Waals surface area (Å²) in [5, 5.41) is 0.585. The van der Waals surface area contributed by atoms with Gasteiger partial charge in [0, 0.05) is 25.2 Å². The summed E-state index contributed by atoms with van der Waals surface area (Å²) in [6, 6.07) is 13.7. The molecule has 5 heteroatoms. The number of amides is 1. The van der Waals surface area contributed by atoms with E-state index >= 15 is 0 Å². The molecule has 5 nitrogen and oxygen atoms in total. The van der Waals surface area contributed by atoms with Crippen LogP contribution in [0.1, 0.15) is 43.7 Å². The van der Waals surface area contributed by atoms with Crippen LogP contribution >= 0.6 is 0 Å². The van der Waals surface area contributed by atoms with Crippen LogP contribution < -0.4 is 10.5 Å². The van der Waals surface area contributed by atoms with Gasteiger partial charge in [0.05, 0.1) is 17.2 Å². The van der Waals surface area contributed by atoms with Gasteiger partial charge in [0.15, 0.2) is 0 Å². The average molecular weight is 375 g/mol. The number of nitrogens with zero attached hydrogens (tertiary/aromatic N) is 3. The monoisotopic (exact) mass is 375 g/mol. The summed E-state index contributed by atoms with van der Waals surface area (Å²) in [6.45, 7) is 5.44. The predicted molar refractivity (Wildman–Crippen MR) is 112 cm³/mol. The van der Waals surface area contributed by atoms with Gasteiger partial charge in [0.2, 0.25) is 5.91 Å². The van der Waals surface area contributed by atoms with Crippen LogP contribution in [0.2, 0.25) is 0 Å². The quantitative estimate of drug-likeness (QED) is 0.695. The van der Waals surface area contributed by atoms with Crippen molar-refractivity contribution in [3.8, 4) is 0 Å². The van der Waals surface area contributed by atoms with Crippen LogP contribution in [0.25, 0.3) is 10.9 Å². The van der Waals surface area contributed by atoms with Crippen molar-refractivity contribution in [1.29, 1.82) is 0 Å². The Morgan fingerprint density at radius 2 is 2.00 bits per heavy atom. The molecule has 1 amide bonds. The summed E-state index contributed by atoms with van der Waals surface area (Å²) in [6.07, 6.45) is 3.80. The molecule has 1 aromatic heterocycles. The molecule has 0 fully saturated rings. The normalized spacial score (nSPS) is 13.8. The van der Waals surface area contributed by atoms with E-state index < -0.39 is 0 Å². The fourth-order valence-electron chi connectivity index (χ4n) is 3.85. The van der Waals surface area contributed by atoms with E-state index in [2.05, 4.69) is 37.0 Å². The van der Waals surface area contributed by atoms with Crippen LogP contribution in [0.5, 0.6) is 0 Å². The lowest BCUT2D eigenvalue weighted by Crippen LogP contribution is -2.36. The molecule has 4 rings (SSSR count). The molecular weight excluding hydrogens is 350 g/mol. The number of rotatable bonds is 4. The maximum atomic E-state index is 12.9. The van der Waals surface area contributed by atoms with E-state index in [0.717, 1.165) is 25.1 Å².